The Balaban J connectivity index is 1.51. The van der Waals surface area contributed by atoms with Gasteiger partial charge in [-0.1, -0.05) is 38.8 Å². The lowest BCUT2D eigenvalue weighted by atomic mass is 9.78. The van der Waals surface area contributed by atoms with Gasteiger partial charge in [0.25, 0.3) is 5.91 Å². The van der Waals surface area contributed by atoms with E-state index in [4.69, 9.17) is 9.97 Å². The van der Waals surface area contributed by atoms with Crippen LogP contribution in [0, 0.1) is 11.8 Å². The second kappa shape index (κ2) is 8.52. The molecule has 4 nitrogen and oxygen atoms in total. The Hall–Kier alpha value is -2.57. The number of nitrogens with zero attached hydrogens (tertiary/aromatic N) is 2. The molecule has 6 heteroatoms. The topological polar surface area (TPSA) is 54.9 Å². The van der Waals surface area contributed by atoms with Crippen LogP contribution in [0.1, 0.15) is 43.5 Å². The lowest BCUT2D eigenvalue weighted by Gasteiger charge is -2.34. The SMILES string of the molecule is C[C@H]1[C@H](C)CCC[C@H]1NC(=O)c1ccc2nc(-c3cccs3)c(-c3cccs3)nc2c1. The third-order valence-corrected chi connectivity index (χ3v) is 8.21. The molecule has 0 bridgehead atoms. The molecule has 4 aromatic rings. The first-order valence-electron chi connectivity index (χ1n) is 10.8. The van der Waals surface area contributed by atoms with E-state index in [0.717, 1.165) is 38.6 Å². The number of fused-ring (bicyclic) bond motifs is 1. The van der Waals surface area contributed by atoms with E-state index in [-0.39, 0.29) is 11.9 Å². The van der Waals surface area contributed by atoms with Crippen LogP contribution in [-0.2, 0) is 0 Å². The average Bonchev–Trinajstić information content (AvgIpc) is 3.50. The number of carbonyl (C=O) groups is 1. The molecular formula is C25H25N3OS2. The zero-order valence-electron chi connectivity index (χ0n) is 17.7. The monoisotopic (exact) mass is 447 g/mol. The van der Waals surface area contributed by atoms with Crippen LogP contribution in [0.4, 0.5) is 0 Å². The number of nitrogens with one attached hydrogen (secondary N) is 1. The molecule has 5 rings (SSSR count). The summed E-state index contributed by atoms with van der Waals surface area (Å²) in [6.45, 7) is 4.53. The van der Waals surface area contributed by atoms with Gasteiger partial charge in [-0.15, -0.1) is 22.7 Å². The molecule has 1 fully saturated rings. The van der Waals surface area contributed by atoms with E-state index in [2.05, 4.69) is 42.1 Å². The summed E-state index contributed by atoms with van der Waals surface area (Å²) >= 11 is 3.31. The number of thiophene rings is 2. The number of carbonyl (C=O) groups excluding carboxylic acids is 1. The summed E-state index contributed by atoms with van der Waals surface area (Å²) in [4.78, 5) is 25.1. The van der Waals surface area contributed by atoms with Gasteiger partial charge in [0.05, 0.1) is 20.8 Å². The van der Waals surface area contributed by atoms with Crippen molar-refractivity contribution in [3.63, 3.8) is 0 Å². The first-order valence-corrected chi connectivity index (χ1v) is 12.6. The van der Waals surface area contributed by atoms with Gasteiger partial charge in [0.15, 0.2) is 0 Å². The summed E-state index contributed by atoms with van der Waals surface area (Å²) in [6, 6.07) is 14.1. The van der Waals surface area contributed by atoms with E-state index >= 15 is 0 Å². The van der Waals surface area contributed by atoms with E-state index in [0.29, 0.717) is 17.4 Å². The van der Waals surface area contributed by atoms with E-state index < -0.39 is 0 Å². The molecule has 0 saturated heterocycles. The zero-order chi connectivity index (χ0) is 21.4. The summed E-state index contributed by atoms with van der Waals surface area (Å²) < 4.78 is 0. The Morgan fingerprint density at radius 1 is 0.935 bits per heavy atom. The van der Waals surface area contributed by atoms with Crippen LogP contribution in [-0.4, -0.2) is 21.9 Å². The summed E-state index contributed by atoms with van der Waals surface area (Å²) in [7, 11) is 0. The minimum atomic E-state index is -0.0188. The molecule has 0 radical (unpaired) electrons. The van der Waals surface area contributed by atoms with Gasteiger partial charge < -0.3 is 5.32 Å². The van der Waals surface area contributed by atoms with Gasteiger partial charge in [-0.05, 0) is 59.3 Å². The quantitative estimate of drug-likeness (QED) is 0.381. The number of rotatable bonds is 4. The zero-order valence-corrected chi connectivity index (χ0v) is 19.3. The van der Waals surface area contributed by atoms with Crippen molar-refractivity contribution in [2.24, 2.45) is 11.8 Å². The van der Waals surface area contributed by atoms with Crippen molar-refractivity contribution in [3.8, 4) is 21.1 Å². The molecule has 1 aliphatic carbocycles. The second-order valence-corrected chi connectivity index (χ2v) is 10.3. The van der Waals surface area contributed by atoms with Crippen molar-refractivity contribution < 1.29 is 4.79 Å². The molecule has 0 spiro atoms. The maximum atomic E-state index is 13.0. The average molecular weight is 448 g/mol. The Morgan fingerprint density at radius 2 is 1.61 bits per heavy atom. The fourth-order valence-electron chi connectivity index (χ4n) is 4.40. The summed E-state index contributed by atoms with van der Waals surface area (Å²) in [5.41, 5.74) is 3.97. The van der Waals surface area contributed by atoms with Crippen molar-refractivity contribution in [1.82, 2.24) is 15.3 Å². The van der Waals surface area contributed by atoms with Gasteiger partial charge in [-0.25, -0.2) is 9.97 Å². The molecule has 1 aliphatic rings. The fraction of sp³-hybridized carbons (Fsp3) is 0.320. The molecule has 31 heavy (non-hydrogen) atoms. The molecule has 0 unspecified atom stereocenters. The smallest absolute Gasteiger partial charge is 0.251 e. The third-order valence-electron chi connectivity index (χ3n) is 6.46. The molecule has 1 amide bonds. The number of hydrogen-bond acceptors (Lipinski definition) is 5. The van der Waals surface area contributed by atoms with Crippen LogP contribution in [0.5, 0.6) is 0 Å². The maximum absolute atomic E-state index is 13.0. The van der Waals surface area contributed by atoms with Crippen LogP contribution in [0.2, 0.25) is 0 Å². The van der Waals surface area contributed by atoms with Gasteiger partial charge in [0.2, 0.25) is 0 Å². The summed E-state index contributed by atoms with van der Waals surface area (Å²) in [6.07, 6.45) is 3.48. The molecule has 3 aromatic heterocycles. The predicted octanol–water partition coefficient (Wildman–Crippen LogP) is 6.64. The van der Waals surface area contributed by atoms with E-state index in [1.165, 1.54) is 12.8 Å². The van der Waals surface area contributed by atoms with Gasteiger partial charge in [-0.2, -0.15) is 0 Å². The van der Waals surface area contributed by atoms with Crippen LogP contribution in [0.3, 0.4) is 0 Å². The number of aromatic nitrogens is 2. The number of benzene rings is 1. The minimum absolute atomic E-state index is 0.0188. The maximum Gasteiger partial charge on any atom is 0.251 e. The fourth-order valence-corrected chi connectivity index (χ4v) is 5.83. The van der Waals surface area contributed by atoms with Crippen LogP contribution >= 0.6 is 22.7 Å². The molecule has 1 N–H and O–H groups in total. The summed E-state index contributed by atoms with van der Waals surface area (Å²) in [5.74, 6) is 1.12. The second-order valence-electron chi connectivity index (χ2n) is 8.43. The number of hydrogen-bond donors (Lipinski definition) is 1. The molecule has 1 saturated carbocycles. The molecule has 1 aromatic carbocycles. The van der Waals surface area contributed by atoms with Gasteiger partial charge in [0.1, 0.15) is 11.4 Å². The highest BCUT2D eigenvalue weighted by molar-refractivity contribution is 7.14. The third kappa shape index (κ3) is 4.02. The normalized spacial score (nSPS) is 21.3. The van der Waals surface area contributed by atoms with Crippen LogP contribution in [0.15, 0.2) is 53.2 Å². The Labute approximate surface area is 190 Å². The predicted molar refractivity (Wildman–Crippen MR) is 130 cm³/mol. The largest absolute Gasteiger partial charge is 0.349 e. The van der Waals surface area contributed by atoms with Crippen LogP contribution in [0.25, 0.3) is 32.2 Å². The number of amides is 1. The lowest BCUT2D eigenvalue weighted by molar-refractivity contribution is 0.0891. The molecule has 0 aliphatic heterocycles. The standard InChI is InChI=1S/C25H25N3OS2/c1-15-6-3-7-18(16(15)2)28-25(29)17-10-11-19-20(14-17)27-24(22-9-5-13-31-22)23(26-19)21-8-4-12-30-21/h4-5,8-16,18H,3,6-7H2,1-2H3,(H,28,29)/t15-,16+,18-/m1/s1. The lowest BCUT2D eigenvalue weighted by Crippen LogP contribution is -2.43. The van der Waals surface area contributed by atoms with Gasteiger partial charge in [-0.3, -0.25) is 4.79 Å². The highest BCUT2D eigenvalue weighted by Gasteiger charge is 2.28. The first-order chi connectivity index (χ1) is 15.1. The Morgan fingerprint density at radius 3 is 2.26 bits per heavy atom. The Kier molecular flexibility index (Phi) is 5.59. The van der Waals surface area contributed by atoms with Crippen molar-refractivity contribution in [2.75, 3.05) is 0 Å². The molecule has 158 valence electrons. The van der Waals surface area contributed by atoms with Crippen molar-refractivity contribution in [3.05, 3.63) is 58.8 Å². The van der Waals surface area contributed by atoms with Crippen LogP contribution < -0.4 is 5.32 Å². The highest BCUT2D eigenvalue weighted by atomic mass is 32.1. The van der Waals surface area contributed by atoms with Gasteiger partial charge >= 0.3 is 0 Å². The van der Waals surface area contributed by atoms with E-state index in [1.54, 1.807) is 22.7 Å². The molecule has 3 atom stereocenters. The highest BCUT2D eigenvalue weighted by Crippen LogP contribution is 2.35. The summed E-state index contributed by atoms with van der Waals surface area (Å²) in [5, 5.41) is 7.38. The van der Waals surface area contributed by atoms with Gasteiger partial charge in [0, 0.05) is 11.6 Å². The molecule has 3 heterocycles. The van der Waals surface area contributed by atoms with Crippen molar-refractivity contribution in [1.29, 1.82) is 0 Å². The van der Waals surface area contributed by atoms with E-state index in [9.17, 15) is 4.79 Å². The van der Waals surface area contributed by atoms with Crippen molar-refractivity contribution in [2.45, 2.75) is 39.2 Å². The van der Waals surface area contributed by atoms with E-state index in [1.807, 2.05) is 30.3 Å². The first kappa shape index (κ1) is 20.3. The Bertz CT molecular complexity index is 1200. The molecular weight excluding hydrogens is 422 g/mol. The minimum Gasteiger partial charge on any atom is -0.349 e. The van der Waals surface area contributed by atoms with Crippen molar-refractivity contribution >= 4 is 39.6 Å².